The van der Waals surface area contributed by atoms with Gasteiger partial charge < -0.3 is 10.1 Å². The van der Waals surface area contributed by atoms with Crippen LogP contribution >= 0.6 is 11.6 Å². The summed E-state index contributed by atoms with van der Waals surface area (Å²) in [6.45, 7) is 0. The molecule has 1 aromatic carbocycles. The first-order valence-corrected chi connectivity index (χ1v) is 5.80. The molecule has 1 N–H and O–H groups in total. The van der Waals surface area contributed by atoms with Crippen LogP contribution in [0.15, 0.2) is 30.3 Å². The number of hydrogen-bond acceptors (Lipinski definition) is 5. The van der Waals surface area contributed by atoms with Crippen molar-refractivity contribution in [2.45, 2.75) is 0 Å². The lowest BCUT2D eigenvalue weighted by atomic mass is 10.2. The molecule has 0 unspecified atom stereocenters. The summed E-state index contributed by atoms with van der Waals surface area (Å²) in [6.07, 6.45) is 0. The molecule has 0 bridgehead atoms. The second-order valence-electron chi connectivity index (χ2n) is 3.73. The highest BCUT2D eigenvalue weighted by Gasteiger charge is 2.17. The first kappa shape index (κ1) is 14.0. The van der Waals surface area contributed by atoms with Crippen LogP contribution in [-0.4, -0.2) is 17.0 Å². The van der Waals surface area contributed by atoms with Gasteiger partial charge in [-0.05, 0) is 18.2 Å². The summed E-state index contributed by atoms with van der Waals surface area (Å²) in [5.41, 5.74) is -0.307. The molecule has 0 radical (unpaired) electrons. The molecule has 0 amide bonds. The van der Waals surface area contributed by atoms with E-state index in [0.29, 0.717) is 5.75 Å². The molecule has 8 heteroatoms. The highest BCUT2D eigenvalue weighted by molar-refractivity contribution is 6.29. The Morgan fingerprint density at radius 1 is 1.40 bits per heavy atom. The van der Waals surface area contributed by atoms with E-state index in [2.05, 4.69) is 10.3 Å². The Labute approximate surface area is 118 Å². The third kappa shape index (κ3) is 2.94. The van der Waals surface area contributed by atoms with E-state index >= 15 is 0 Å². The summed E-state index contributed by atoms with van der Waals surface area (Å²) >= 11 is 5.69. The summed E-state index contributed by atoms with van der Waals surface area (Å²) in [5.74, 6) is -0.338. The largest absolute Gasteiger partial charge is 0.497 e. The lowest BCUT2D eigenvalue weighted by Gasteiger charge is -2.09. The molecule has 1 aromatic heterocycles. The van der Waals surface area contributed by atoms with Crippen molar-refractivity contribution >= 4 is 28.8 Å². The number of hydrogen-bond donors (Lipinski definition) is 1. The molecule has 0 saturated carbocycles. The fraction of sp³-hybridized carbons (Fsp3) is 0.0833. The maximum absolute atomic E-state index is 13.7. The van der Waals surface area contributed by atoms with E-state index in [1.54, 1.807) is 0 Å². The van der Waals surface area contributed by atoms with Gasteiger partial charge in [0.15, 0.2) is 0 Å². The molecule has 0 fully saturated rings. The predicted molar refractivity (Wildman–Crippen MR) is 72.1 cm³/mol. The summed E-state index contributed by atoms with van der Waals surface area (Å²) in [7, 11) is 1.43. The van der Waals surface area contributed by atoms with Crippen molar-refractivity contribution in [1.82, 2.24) is 4.98 Å². The maximum atomic E-state index is 13.7. The SMILES string of the molecule is COc1ccc(F)c(Nc2nc(Cl)ccc2[N+](=O)[O-])c1. The van der Waals surface area contributed by atoms with Crippen molar-refractivity contribution in [3.05, 3.63) is 51.4 Å². The number of benzene rings is 1. The zero-order valence-corrected chi connectivity index (χ0v) is 11.0. The predicted octanol–water partition coefficient (Wildman–Crippen LogP) is 3.53. The number of aromatic nitrogens is 1. The van der Waals surface area contributed by atoms with Crippen molar-refractivity contribution in [2.75, 3.05) is 12.4 Å². The number of pyridine rings is 1. The first-order valence-electron chi connectivity index (χ1n) is 5.43. The minimum Gasteiger partial charge on any atom is -0.497 e. The smallest absolute Gasteiger partial charge is 0.311 e. The van der Waals surface area contributed by atoms with Crippen LogP contribution in [0.25, 0.3) is 0 Å². The topological polar surface area (TPSA) is 77.3 Å². The maximum Gasteiger partial charge on any atom is 0.311 e. The molecular weight excluding hydrogens is 289 g/mol. The number of methoxy groups -OCH3 is 1. The first-order chi connectivity index (χ1) is 9.51. The average molecular weight is 298 g/mol. The quantitative estimate of drug-likeness (QED) is 0.530. The van der Waals surface area contributed by atoms with Crippen LogP contribution in [0.5, 0.6) is 5.75 Å². The van der Waals surface area contributed by atoms with Gasteiger partial charge in [0.25, 0.3) is 0 Å². The molecule has 0 aliphatic heterocycles. The normalized spacial score (nSPS) is 10.2. The zero-order valence-electron chi connectivity index (χ0n) is 10.3. The fourth-order valence-corrected chi connectivity index (χ4v) is 1.67. The lowest BCUT2D eigenvalue weighted by Crippen LogP contribution is -2.01. The van der Waals surface area contributed by atoms with Gasteiger partial charge in [0, 0.05) is 12.1 Å². The minimum absolute atomic E-state index is 0.00205. The molecule has 104 valence electrons. The second-order valence-corrected chi connectivity index (χ2v) is 4.12. The van der Waals surface area contributed by atoms with E-state index in [-0.39, 0.29) is 22.3 Å². The van der Waals surface area contributed by atoms with E-state index in [9.17, 15) is 14.5 Å². The molecule has 20 heavy (non-hydrogen) atoms. The Morgan fingerprint density at radius 3 is 2.80 bits per heavy atom. The van der Waals surface area contributed by atoms with E-state index in [0.717, 1.165) is 0 Å². The highest BCUT2D eigenvalue weighted by atomic mass is 35.5. The second kappa shape index (κ2) is 5.70. The summed E-state index contributed by atoms with van der Waals surface area (Å²) in [6, 6.07) is 6.45. The third-order valence-electron chi connectivity index (χ3n) is 2.46. The van der Waals surface area contributed by atoms with Gasteiger partial charge in [-0.3, -0.25) is 10.1 Å². The molecular formula is C12H9ClFN3O3. The Bertz CT molecular complexity index is 666. The molecule has 0 aliphatic carbocycles. The van der Waals surface area contributed by atoms with Gasteiger partial charge in [0.2, 0.25) is 5.82 Å². The third-order valence-corrected chi connectivity index (χ3v) is 2.67. The number of rotatable bonds is 4. The minimum atomic E-state index is -0.635. The molecule has 0 spiro atoms. The Hall–Kier alpha value is -2.41. The lowest BCUT2D eigenvalue weighted by molar-refractivity contribution is -0.384. The van der Waals surface area contributed by atoms with E-state index in [1.165, 1.54) is 37.4 Å². The Balaban J connectivity index is 2.43. The van der Waals surface area contributed by atoms with Crippen molar-refractivity contribution in [3.8, 4) is 5.75 Å². The van der Waals surface area contributed by atoms with Crippen molar-refractivity contribution in [2.24, 2.45) is 0 Å². The monoisotopic (exact) mass is 297 g/mol. The zero-order chi connectivity index (χ0) is 14.7. The summed E-state index contributed by atoms with van der Waals surface area (Å²) < 4.78 is 18.6. The van der Waals surface area contributed by atoms with Crippen molar-refractivity contribution in [1.29, 1.82) is 0 Å². The molecule has 2 rings (SSSR count). The number of ether oxygens (including phenoxy) is 1. The van der Waals surface area contributed by atoms with Gasteiger partial charge >= 0.3 is 5.69 Å². The number of nitro groups is 1. The van der Waals surface area contributed by atoms with Crippen molar-refractivity contribution in [3.63, 3.8) is 0 Å². The van der Waals surface area contributed by atoms with Crippen LogP contribution in [0.4, 0.5) is 21.6 Å². The van der Waals surface area contributed by atoms with Gasteiger partial charge in [0.1, 0.15) is 16.7 Å². The molecule has 6 nitrogen and oxygen atoms in total. The van der Waals surface area contributed by atoms with Gasteiger partial charge in [-0.1, -0.05) is 11.6 Å². The van der Waals surface area contributed by atoms with E-state index in [4.69, 9.17) is 16.3 Å². The van der Waals surface area contributed by atoms with Gasteiger partial charge in [0.05, 0.1) is 17.7 Å². The van der Waals surface area contributed by atoms with Crippen LogP contribution in [-0.2, 0) is 0 Å². The summed E-state index contributed by atoms with van der Waals surface area (Å²) in [5, 5.41) is 13.5. The number of nitrogens with one attached hydrogen (secondary N) is 1. The van der Waals surface area contributed by atoms with Crippen LogP contribution in [0.1, 0.15) is 0 Å². The van der Waals surface area contributed by atoms with Crippen LogP contribution < -0.4 is 10.1 Å². The van der Waals surface area contributed by atoms with Crippen molar-refractivity contribution < 1.29 is 14.1 Å². The highest BCUT2D eigenvalue weighted by Crippen LogP contribution is 2.30. The number of halogens is 2. The average Bonchev–Trinajstić information content (AvgIpc) is 2.41. The number of anilines is 2. The standard InChI is InChI=1S/C12H9ClFN3O3/c1-20-7-2-3-8(14)9(6-7)15-12-10(17(18)19)4-5-11(13)16-12/h2-6H,1H3,(H,15,16). The molecule has 2 aromatic rings. The van der Waals surface area contributed by atoms with Gasteiger partial charge in [-0.2, -0.15) is 0 Å². The van der Waals surface area contributed by atoms with E-state index < -0.39 is 10.7 Å². The Morgan fingerprint density at radius 2 is 2.15 bits per heavy atom. The van der Waals surface area contributed by atoms with Crippen LogP contribution in [0.3, 0.4) is 0 Å². The van der Waals surface area contributed by atoms with Gasteiger partial charge in [-0.15, -0.1) is 0 Å². The van der Waals surface area contributed by atoms with E-state index in [1.807, 2.05) is 0 Å². The molecule has 0 atom stereocenters. The van der Waals surface area contributed by atoms with Crippen LogP contribution in [0.2, 0.25) is 5.15 Å². The van der Waals surface area contributed by atoms with Crippen LogP contribution in [0, 0.1) is 15.9 Å². The number of nitrogens with zero attached hydrogens (tertiary/aromatic N) is 2. The Kier molecular flexibility index (Phi) is 3.99. The fourth-order valence-electron chi connectivity index (χ4n) is 1.52. The molecule has 1 heterocycles. The van der Waals surface area contributed by atoms with Gasteiger partial charge in [-0.25, -0.2) is 9.37 Å². The molecule has 0 aliphatic rings. The summed E-state index contributed by atoms with van der Waals surface area (Å²) in [4.78, 5) is 14.1. The molecule has 0 saturated heterocycles.